The van der Waals surface area contributed by atoms with Gasteiger partial charge in [-0.2, -0.15) is 4.31 Å². The van der Waals surface area contributed by atoms with Gasteiger partial charge in [0.15, 0.2) is 17.3 Å². The second-order valence-corrected chi connectivity index (χ2v) is 8.65. The number of sulfonamides is 1. The monoisotopic (exact) mass is 422 g/mol. The van der Waals surface area contributed by atoms with E-state index in [0.717, 1.165) is 4.31 Å². The zero-order chi connectivity index (χ0) is 21.3. The molecule has 0 bridgehead atoms. The number of nitrogens with one attached hydrogen (secondary N) is 1. The predicted octanol–water partition coefficient (Wildman–Crippen LogP) is 1.69. The highest BCUT2D eigenvalue weighted by molar-refractivity contribution is 7.89. The van der Waals surface area contributed by atoms with Crippen molar-refractivity contribution in [3.8, 4) is 11.5 Å². The molecule has 2 aromatic rings. The van der Waals surface area contributed by atoms with Gasteiger partial charge in [-0.3, -0.25) is 4.79 Å². The summed E-state index contributed by atoms with van der Waals surface area (Å²) in [6, 6.07) is 4.31. The lowest BCUT2D eigenvalue weighted by atomic mass is 10.1. The molecule has 0 aliphatic carbocycles. The van der Waals surface area contributed by atoms with Gasteiger partial charge in [-0.15, -0.1) is 0 Å². The topological polar surface area (TPSA) is 115 Å². The van der Waals surface area contributed by atoms with Gasteiger partial charge in [0.05, 0.1) is 29.8 Å². The van der Waals surface area contributed by atoms with Gasteiger partial charge in [0.25, 0.3) is 0 Å². The van der Waals surface area contributed by atoms with Crippen molar-refractivity contribution in [1.29, 1.82) is 0 Å². The molecule has 1 aliphatic rings. The van der Waals surface area contributed by atoms with E-state index in [0.29, 0.717) is 36.0 Å². The molecule has 0 fully saturated rings. The Morgan fingerprint density at radius 2 is 1.83 bits per heavy atom. The van der Waals surface area contributed by atoms with Crippen LogP contribution in [-0.4, -0.2) is 63.4 Å². The van der Waals surface area contributed by atoms with E-state index >= 15 is 0 Å². The van der Waals surface area contributed by atoms with Crippen LogP contribution in [0.2, 0.25) is 0 Å². The predicted molar refractivity (Wildman–Crippen MR) is 103 cm³/mol. The zero-order valence-electron chi connectivity index (χ0n) is 16.6. The van der Waals surface area contributed by atoms with Gasteiger partial charge < -0.3 is 19.2 Å². The summed E-state index contributed by atoms with van der Waals surface area (Å²) in [7, 11) is -1.37. The first-order valence-corrected chi connectivity index (χ1v) is 10.3. The highest BCUT2D eigenvalue weighted by atomic mass is 32.2. The number of esters is 1. The molecule has 29 heavy (non-hydrogen) atoms. The molecular weight excluding hydrogens is 400 g/mol. The summed E-state index contributed by atoms with van der Waals surface area (Å²) in [6.45, 7) is 3.58. The van der Waals surface area contributed by atoms with Crippen LogP contribution < -0.4 is 9.47 Å². The van der Waals surface area contributed by atoms with Crippen molar-refractivity contribution in [3.05, 3.63) is 40.7 Å². The molecular formula is C19H22N2O7S. The average molecular weight is 422 g/mol. The number of nitrogens with zero attached hydrogens (tertiary/aromatic N) is 1. The minimum absolute atomic E-state index is 0.00770. The number of fused-ring (bicyclic) bond motifs is 1. The molecule has 1 aliphatic heterocycles. The molecule has 0 spiro atoms. The second kappa shape index (κ2) is 7.88. The number of likely N-dealkylation sites (N-methyl/N-ethyl adjacent to an activating group) is 1. The molecule has 0 atom stereocenters. The summed E-state index contributed by atoms with van der Waals surface area (Å²) >= 11 is 0. The summed E-state index contributed by atoms with van der Waals surface area (Å²) in [5.41, 5.74) is 1.35. The first kappa shape index (κ1) is 20.9. The Kier molecular flexibility index (Phi) is 5.67. The number of hydrogen-bond donors (Lipinski definition) is 1. The zero-order valence-corrected chi connectivity index (χ0v) is 17.4. The van der Waals surface area contributed by atoms with Gasteiger partial charge in [0.1, 0.15) is 13.2 Å². The minimum Gasteiger partial charge on any atom is -0.486 e. The van der Waals surface area contributed by atoms with Crippen molar-refractivity contribution < 1.29 is 32.2 Å². The van der Waals surface area contributed by atoms with E-state index < -0.39 is 28.3 Å². The van der Waals surface area contributed by atoms with Crippen LogP contribution in [0.25, 0.3) is 0 Å². The van der Waals surface area contributed by atoms with E-state index in [9.17, 15) is 18.0 Å². The number of rotatable bonds is 6. The molecule has 0 saturated heterocycles. The van der Waals surface area contributed by atoms with Crippen molar-refractivity contribution in [2.45, 2.75) is 18.7 Å². The third kappa shape index (κ3) is 3.85. The van der Waals surface area contributed by atoms with Crippen molar-refractivity contribution >= 4 is 21.8 Å². The molecule has 3 rings (SSSR count). The number of ether oxygens (including phenoxy) is 3. The maximum Gasteiger partial charge on any atom is 0.339 e. The lowest BCUT2D eigenvalue weighted by Gasteiger charge is -2.21. The second-order valence-electron chi connectivity index (χ2n) is 6.61. The highest BCUT2D eigenvalue weighted by Gasteiger charge is 2.28. The Bertz CT molecular complexity index is 1070. The summed E-state index contributed by atoms with van der Waals surface area (Å²) in [5.74, 6) is -0.214. The smallest absolute Gasteiger partial charge is 0.339 e. The van der Waals surface area contributed by atoms with E-state index in [1.807, 2.05) is 0 Å². The first-order valence-electron chi connectivity index (χ1n) is 8.83. The largest absolute Gasteiger partial charge is 0.486 e. The van der Waals surface area contributed by atoms with Gasteiger partial charge in [-0.25, -0.2) is 13.2 Å². The van der Waals surface area contributed by atoms with Crippen LogP contribution in [0.15, 0.2) is 23.1 Å². The van der Waals surface area contributed by atoms with Gasteiger partial charge >= 0.3 is 5.97 Å². The number of carbonyl (C=O) groups excluding carboxylic acids is 2. The number of aromatic nitrogens is 1. The number of carbonyl (C=O) groups is 2. The molecule has 0 radical (unpaired) electrons. The van der Waals surface area contributed by atoms with Gasteiger partial charge in [-0.1, -0.05) is 0 Å². The summed E-state index contributed by atoms with van der Waals surface area (Å²) in [4.78, 5) is 27.5. The molecule has 9 nitrogen and oxygen atoms in total. The quantitative estimate of drug-likeness (QED) is 0.556. The van der Waals surface area contributed by atoms with E-state index in [-0.39, 0.29) is 16.2 Å². The van der Waals surface area contributed by atoms with Crippen molar-refractivity contribution in [2.24, 2.45) is 0 Å². The third-order valence-electron chi connectivity index (χ3n) is 4.69. The summed E-state index contributed by atoms with van der Waals surface area (Å²) in [5, 5.41) is 0. The van der Waals surface area contributed by atoms with Crippen molar-refractivity contribution in [1.82, 2.24) is 9.29 Å². The Hall–Kier alpha value is -2.85. The number of benzene rings is 1. The maximum absolute atomic E-state index is 12.9. The minimum atomic E-state index is -3.94. The molecule has 0 amide bonds. The molecule has 1 aromatic carbocycles. The van der Waals surface area contributed by atoms with Crippen molar-refractivity contribution in [3.63, 3.8) is 0 Å². The molecule has 1 N–H and O–H groups in total. The molecule has 10 heteroatoms. The van der Waals surface area contributed by atoms with E-state index in [4.69, 9.17) is 14.2 Å². The van der Waals surface area contributed by atoms with Crippen molar-refractivity contribution in [2.75, 3.05) is 33.9 Å². The maximum atomic E-state index is 12.9. The normalized spacial score (nSPS) is 13.4. The van der Waals surface area contributed by atoms with Crippen LogP contribution in [0.1, 0.15) is 32.1 Å². The van der Waals surface area contributed by atoms with Crippen LogP contribution in [0.5, 0.6) is 11.5 Å². The Balaban J connectivity index is 1.83. The van der Waals surface area contributed by atoms with Gasteiger partial charge in [0, 0.05) is 18.8 Å². The Labute approximate surface area is 168 Å². The first-order chi connectivity index (χ1) is 13.7. The van der Waals surface area contributed by atoms with Gasteiger partial charge in [0.2, 0.25) is 10.0 Å². The highest BCUT2D eigenvalue weighted by Crippen LogP contribution is 2.33. The van der Waals surface area contributed by atoms with Crippen LogP contribution in [0.3, 0.4) is 0 Å². The van der Waals surface area contributed by atoms with Crippen LogP contribution >= 0.6 is 0 Å². The number of methoxy groups -OCH3 is 1. The number of aromatic amines is 1. The van der Waals surface area contributed by atoms with Crippen LogP contribution in [-0.2, 0) is 14.8 Å². The summed E-state index contributed by atoms with van der Waals surface area (Å²) in [6.07, 6.45) is 0. The lowest BCUT2D eigenvalue weighted by Crippen LogP contribution is -2.32. The van der Waals surface area contributed by atoms with Crippen LogP contribution in [0, 0.1) is 13.8 Å². The van der Waals surface area contributed by atoms with E-state index in [1.165, 1.54) is 32.4 Å². The number of ketones is 1. The molecule has 2 heterocycles. The summed E-state index contributed by atoms with van der Waals surface area (Å²) < 4.78 is 42.3. The lowest BCUT2D eigenvalue weighted by molar-refractivity contribution is 0.0599. The average Bonchev–Trinajstić information content (AvgIpc) is 3.01. The number of Topliss-reactive ketones (excluding diaryl/α,β-unsaturated/α-hetero) is 1. The third-order valence-corrected chi connectivity index (χ3v) is 6.49. The fourth-order valence-electron chi connectivity index (χ4n) is 3.17. The van der Waals surface area contributed by atoms with E-state index in [1.54, 1.807) is 13.8 Å². The Morgan fingerprint density at radius 3 is 2.48 bits per heavy atom. The molecule has 0 unspecified atom stereocenters. The molecule has 156 valence electrons. The number of aryl methyl sites for hydroxylation is 1. The van der Waals surface area contributed by atoms with Gasteiger partial charge in [-0.05, 0) is 31.5 Å². The molecule has 0 saturated carbocycles. The SMILES string of the molecule is COC(=O)c1c(C)[nH]c(C(=O)CN(C)S(=O)(=O)c2ccc3c(c2)OCCO3)c1C. The fraction of sp³-hybridized carbons (Fsp3) is 0.368. The van der Waals surface area contributed by atoms with E-state index in [2.05, 4.69) is 4.98 Å². The number of hydrogen-bond acceptors (Lipinski definition) is 7. The fourth-order valence-corrected chi connectivity index (χ4v) is 4.31. The van der Waals surface area contributed by atoms with Crippen LogP contribution in [0.4, 0.5) is 0 Å². The standard InChI is InChI=1S/C19H22N2O7S/c1-11-17(19(23)26-4)12(2)20-18(11)14(22)10-21(3)29(24,25)13-5-6-15-16(9-13)28-8-7-27-15/h5-6,9,20H,7-8,10H2,1-4H3. The Morgan fingerprint density at radius 1 is 1.17 bits per heavy atom. The number of H-pyrrole nitrogens is 1. The molecule has 1 aromatic heterocycles.